The molecule has 1 N–H and O–H groups in total. The van der Waals surface area contributed by atoms with Crippen LogP contribution in [0.2, 0.25) is 5.02 Å². The number of nitrogens with zero attached hydrogens (tertiary/aromatic N) is 2. The van der Waals surface area contributed by atoms with Gasteiger partial charge in [0, 0.05) is 23.7 Å². The van der Waals surface area contributed by atoms with Gasteiger partial charge in [-0.3, -0.25) is 9.89 Å². The first-order chi connectivity index (χ1) is 10.1. The molecule has 1 fully saturated rings. The van der Waals surface area contributed by atoms with E-state index in [9.17, 15) is 4.79 Å². The fourth-order valence-electron chi connectivity index (χ4n) is 2.77. The molecule has 1 aromatic heterocycles. The number of benzene rings is 1. The first-order valence-electron chi connectivity index (χ1n) is 7.24. The highest BCUT2D eigenvalue weighted by Gasteiger charge is 2.23. The van der Waals surface area contributed by atoms with Crippen molar-refractivity contribution in [3.05, 3.63) is 41.0 Å². The van der Waals surface area contributed by atoms with Gasteiger partial charge in [0.05, 0.1) is 5.69 Å². The smallest absolute Gasteiger partial charge is 0.271 e. The van der Waals surface area contributed by atoms with Gasteiger partial charge in [0.25, 0.3) is 5.91 Å². The van der Waals surface area contributed by atoms with E-state index in [1.165, 1.54) is 6.42 Å². The Balaban J connectivity index is 1.80. The Hall–Kier alpha value is -1.81. The van der Waals surface area contributed by atoms with Crippen LogP contribution in [-0.4, -0.2) is 34.1 Å². The molecule has 0 aliphatic carbocycles. The van der Waals surface area contributed by atoms with E-state index in [-0.39, 0.29) is 5.91 Å². The zero-order valence-electron chi connectivity index (χ0n) is 12.0. The molecular formula is C16H18ClN3O. The van der Waals surface area contributed by atoms with Crippen LogP contribution in [0.25, 0.3) is 11.3 Å². The fraction of sp³-hybridized carbons (Fsp3) is 0.375. The van der Waals surface area contributed by atoms with E-state index in [4.69, 9.17) is 11.6 Å². The molecule has 4 nitrogen and oxygen atoms in total. The summed E-state index contributed by atoms with van der Waals surface area (Å²) < 4.78 is 0. The summed E-state index contributed by atoms with van der Waals surface area (Å²) in [6.07, 6.45) is 2.27. The van der Waals surface area contributed by atoms with E-state index in [2.05, 4.69) is 17.1 Å². The number of nitrogens with one attached hydrogen (secondary N) is 1. The van der Waals surface area contributed by atoms with Crippen molar-refractivity contribution in [2.24, 2.45) is 5.92 Å². The molecule has 1 aliphatic heterocycles. The molecule has 2 aromatic rings. The number of hydrogen-bond acceptors (Lipinski definition) is 2. The molecule has 2 heterocycles. The molecule has 0 bridgehead atoms. The lowest BCUT2D eigenvalue weighted by Crippen LogP contribution is -2.39. The number of hydrogen-bond donors (Lipinski definition) is 1. The molecule has 0 radical (unpaired) electrons. The number of piperidine rings is 1. The van der Waals surface area contributed by atoms with Crippen molar-refractivity contribution in [2.75, 3.05) is 13.1 Å². The van der Waals surface area contributed by atoms with Crippen LogP contribution >= 0.6 is 11.6 Å². The van der Waals surface area contributed by atoms with Crippen LogP contribution in [0.4, 0.5) is 0 Å². The van der Waals surface area contributed by atoms with Crippen molar-refractivity contribution in [3.8, 4) is 11.3 Å². The van der Waals surface area contributed by atoms with E-state index >= 15 is 0 Å². The van der Waals surface area contributed by atoms with Crippen molar-refractivity contribution in [3.63, 3.8) is 0 Å². The molecule has 1 aromatic carbocycles. The first kappa shape index (κ1) is 14.1. The van der Waals surface area contributed by atoms with Crippen molar-refractivity contribution in [2.45, 2.75) is 19.8 Å². The lowest BCUT2D eigenvalue weighted by molar-refractivity contribution is 0.0677. The standard InChI is InChI=1S/C16H18ClN3O/c1-11-4-3-7-20(10-11)16(21)15-9-14(18-19-15)12-5-2-6-13(17)8-12/h2,5-6,8-9,11H,3-4,7,10H2,1H3,(H,18,19). The van der Waals surface area contributed by atoms with Gasteiger partial charge in [-0.25, -0.2) is 0 Å². The van der Waals surface area contributed by atoms with E-state index < -0.39 is 0 Å². The summed E-state index contributed by atoms with van der Waals surface area (Å²) in [5, 5.41) is 7.74. The van der Waals surface area contributed by atoms with Gasteiger partial charge in [-0.2, -0.15) is 5.10 Å². The maximum atomic E-state index is 12.5. The molecule has 110 valence electrons. The highest BCUT2D eigenvalue weighted by atomic mass is 35.5. The number of amides is 1. The monoisotopic (exact) mass is 303 g/mol. The number of H-pyrrole nitrogens is 1. The third kappa shape index (κ3) is 3.10. The number of likely N-dealkylation sites (tertiary alicyclic amines) is 1. The van der Waals surface area contributed by atoms with Crippen LogP contribution in [0.5, 0.6) is 0 Å². The van der Waals surface area contributed by atoms with E-state index in [1.807, 2.05) is 29.2 Å². The van der Waals surface area contributed by atoms with Gasteiger partial charge in [-0.15, -0.1) is 0 Å². The number of aromatic nitrogens is 2. The maximum Gasteiger partial charge on any atom is 0.271 e. The lowest BCUT2D eigenvalue weighted by atomic mass is 10.00. The second-order valence-corrected chi connectivity index (χ2v) is 6.11. The quantitative estimate of drug-likeness (QED) is 0.921. The normalized spacial score (nSPS) is 18.8. The lowest BCUT2D eigenvalue weighted by Gasteiger charge is -2.30. The Morgan fingerprint density at radius 1 is 1.43 bits per heavy atom. The molecular weight excluding hydrogens is 286 g/mol. The predicted octanol–water partition coefficient (Wildman–Crippen LogP) is 3.60. The number of rotatable bonds is 2. The minimum Gasteiger partial charge on any atom is -0.337 e. The Morgan fingerprint density at radius 3 is 3.05 bits per heavy atom. The summed E-state index contributed by atoms with van der Waals surface area (Å²) in [6.45, 7) is 3.84. The van der Waals surface area contributed by atoms with Gasteiger partial charge >= 0.3 is 0 Å². The van der Waals surface area contributed by atoms with Crippen LogP contribution in [-0.2, 0) is 0 Å². The summed E-state index contributed by atoms with van der Waals surface area (Å²) >= 11 is 5.99. The molecule has 3 rings (SSSR count). The average molecular weight is 304 g/mol. The van der Waals surface area contributed by atoms with Crippen molar-refractivity contribution < 1.29 is 4.79 Å². The van der Waals surface area contributed by atoms with E-state index in [0.717, 1.165) is 30.8 Å². The number of carbonyl (C=O) groups is 1. The highest BCUT2D eigenvalue weighted by Crippen LogP contribution is 2.23. The Kier molecular flexibility index (Phi) is 3.97. The molecule has 0 spiro atoms. The van der Waals surface area contributed by atoms with Gasteiger partial charge in [-0.05, 0) is 37.0 Å². The van der Waals surface area contributed by atoms with Crippen LogP contribution < -0.4 is 0 Å². The van der Waals surface area contributed by atoms with Crippen LogP contribution in [0.15, 0.2) is 30.3 Å². The largest absolute Gasteiger partial charge is 0.337 e. The van der Waals surface area contributed by atoms with Crippen LogP contribution in [0, 0.1) is 5.92 Å². The number of aromatic amines is 1. The third-order valence-corrected chi connectivity index (χ3v) is 4.11. The first-order valence-corrected chi connectivity index (χ1v) is 7.62. The summed E-state index contributed by atoms with van der Waals surface area (Å²) in [5.41, 5.74) is 2.19. The van der Waals surface area contributed by atoms with Crippen LogP contribution in [0.3, 0.4) is 0 Å². The van der Waals surface area contributed by atoms with Crippen molar-refractivity contribution in [1.29, 1.82) is 0 Å². The van der Waals surface area contributed by atoms with Crippen LogP contribution in [0.1, 0.15) is 30.3 Å². The predicted molar refractivity (Wildman–Crippen MR) is 83.3 cm³/mol. The molecule has 1 unspecified atom stereocenters. The molecule has 1 amide bonds. The SMILES string of the molecule is CC1CCCN(C(=O)c2cc(-c3cccc(Cl)c3)n[nH]2)C1. The zero-order chi connectivity index (χ0) is 14.8. The van der Waals surface area contributed by atoms with Crippen molar-refractivity contribution in [1.82, 2.24) is 15.1 Å². The molecule has 1 saturated heterocycles. The van der Waals surface area contributed by atoms with Gasteiger partial charge in [0.2, 0.25) is 0 Å². The second kappa shape index (κ2) is 5.90. The summed E-state index contributed by atoms with van der Waals surface area (Å²) in [6, 6.07) is 9.26. The number of carbonyl (C=O) groups excluding carboxylic acids is 1. The minimum absolute atomic E-state index is 0.0299. The summed E-state index contributed by atoms with van der Waals surface area (Å²) in [7, 11) is 0. The van der Waals surface area contributed by atoms with Gasteiger partial charge in [0.1, 0.15) is 5.69 Å². The van der Waals surface area contributed by atoms with E-state index in [1.54, 1.807) is 6.07 Å². The Bertz CT molecular complexity index is 652. The summed E-state index contributed by atoms with van der Waals surface area (Å²) in [4.78, 5) is 14.4. The van der Waals surface area contributed by atoms with Gasteiger partial charge in [0.15, 0.2) is 0 Å². The molecule has 0 saturated carbocycles. The van der Waals surface area contributed by atoms with E-state index in [0.29, 0.717) is 16.6 Å². The number of halogens is 1. The fourth-order valence-corrected chi connectivity index (χ4v) is 2.96. The maximum absolute atomic E-state index is 12.5. The van der Waals surface area contributed by atoms with Gasteiger partial charge in [-0.1, -0.05) is 30.7 Å². The second-order valence-electron chi connectivity index (χ2n) is 5.68. The Labute approximate surface area is 129 Å². The Morgan fingerprint density at radius 2 is 2.29 bits per heavy atom. The highest BCUT2D eigenvalue weighted by molar-refractivity contribution is 6.30. The van der Waals surface area contributed by atoms with Gasteiger partial charge < -0.3 is 4.90 Å². The molecule has 21 heavy (non-hydrogen) atoms. The minimum atomic E-state index is 0.0299. The summed E-state index contributed by atoms with van der Waals surface area (Å²) in [5.74, 6) is 0.598. The van der Waals surface area contributed by atoms with Crippen molar-refractivity contribution >= 4 is 17.5 Å². The average Bonchev–Trinajstić information content (AvgIpc) is 2.96. The molecule has 1 atom stereocenters. The zero-order valence-corrected chi connectivity index (χ0v) is 12.7. The topological polar surface area (TPSA) is 49.0 Å². The molecule has 5 heteroatoms. The molecule has 1 aliphatic rings. The third-order valence-electron chi connectivity index (χ3n) is 3.87.